The van der Waals surface area contributed by atoms with E-state index >= 15 is 0 Å². The number of halogens is 2. The lowest BCUT2D eigenvalue weighted by Gasteiger charge is -2.09. The van der Waals surface area contributed by atoms with Gasteiger partial charge in [-0.3, -0.25) is 9.48 Å². The highest BCUT2D eigenvalue weighted by molar-refractivity contribution is 6.09. The van der Waals surface area contributed by atoms with Gasteiger partial charge in [0.05, 0.1) is 29.2 Å². The van der Waals surface area contributed by atoms with Gasteiger partial charge in [-0.05, 0) is 37.0 Å². The van der Waals surface area contributed by atoms with E-state index in [1.807, 2.05) is 0 Å². The van der Waals surface area contributed by atoms with Gasteiger partial charge in [-0.1, -0.05) is 6.07 Å². The summed E-state index contributed by atoms with van der Waals surface area (Å²) in [6, 6.07) is 7.38. The van der Waals surface area contributed by atoms with Crippen molar-refractivity contribution in [3.63, 3.8) is 0 Å². The largest absolute Gasteiger partial charge is 0.319 e. The number of pyridine rings is 1. The van der Waals surface area contributed by atoms with Crippen LogP contribution in [0.25, 0.3) is 16.6 Å². The predicted octanol–water partition coefficient (Wildman–Crippen LogP) is 4.14. The molecule has 0 saturated heterocycles. The van der Waals surface area contributed by atoms with Crippen LogP contribution in [0.4, 0.5) is 14.5 Å². The first-order chi connectivity index (χ1) is 14.1. The minimum absolute atomic E-state index is 0.100. The summed E-state index contributed by atoms with van der Waals surface area (Å²) in [5, 5.41) is 10.9. The van der Waals surface area contributed by atoms with Gasteiger partial charge >= 0.3 is 0 Å². The van der Waals surface area contributed by atoms with Crippen molar-refractivity contribution in [3.8, 4) is 11.1 Å². The number of amides is 1. The summed E-state index contributed by atoms with van der Waals surface area (Å²) in [4.78, 5) is 12.7. The van der Waals surface area contributed by atoms with E-state index in [2.05, 4.69) is 15.5 Å². The number of hydrogen-bond donors (Lipinski definition) is 1. The van der Waals surface area contributed by atoms with E-state index in [1.54, 1.807) is 46.0 Å². The van der Waals surface area contributed by atoms with E-state index in [-0.39, 0.29) is 11.3 Å². The van der Waals surface area contributed by atoms with Crippen LogP contribution in [0, 0.1) is 17.6 Å². The van der Waals surface area contributed by atoms with Crippen LogP contribution >= 0.6 is 0 Å². The van der Waals surface area contributed by atoms with Gasteiger partial charge in [0.15, 0.2) is 0 Å². The molecule has 29 heavy (non-hydrogen) atoms. The second-order valence-corrected chi connectivity index (χ2v) is 7.25. The Morgan fingerprint density at radius 2 is 2.00 bits per heavy atom. The molecular formula is C21H17F2N5O. The normalized spacial score (nSPS) is 13.7. The number of aromatic nitrogens is 4. The van der Waals surface area contributed by atoms with Gasteiger partial charge in [-0.2, -0.15) is 10.2 Å². The van der Waals surface area contributed by atoms with Crippen LogP contribution in [-0.4, -0.2) is 25.3 Å². The van der Waals surface area contributed by atoms with Crippen LogP contribution in [0.1, 0.15) is 23.2 Å². The second kappa shape index (κ2) is 6.80. The molecule has 6 nitrogen and oxygen atoms in total. The zero-order valence-corrected chi connectivity index (χ0v) is 15.3. The van der Waals surface area contributed by atoms with Crippen molar-refractivity contribution < 1.29 is 13.6 Å². The third kappa shape index (κ3) is 3.37. The van der Waals surface area contributed by atoms with Crippen molar-refractivity contribution >= 4 is 17.1 Å². The van der Waals surface area contributed by atoms with Gasteiger partial charge in [-0.25, -0.2) is 13.3 Å². The van der Waals surface area contributed by atoms with Gasteiger partial charge in [0, 0.05) is 36.1 Å². The number of nitrogens with one attached hydrogen (secondary N) is 1. The van der Waals surface area contributed by atoms with Crippen LogP contribution in [0.2, 0.25) is 0 Å². The SMILES string of the molecule is O=C(Nc1cc(-c2cnn(CC3CC3)c2)c(F)cc1F)c1cnn2ccccc12. The van der Waals surface area contributed by atoms with E-state index in [1.165, 1.54) is 25.1 Å². The molecule has 1 N–H and O–H groups in total. The average molecular weight is 393 g/mol. The summed E-state index contributed by atoms with van der Waals surface area (Å²) in [6.45, 7) is 0.793. The van der Waals surface area contributed by atoms with Gasteiger partial charge in [0.2, 0.25) is 0 Å². The predicted molar refractivity (Wildman–Crippen MR) is 103 cm³/mol. The topological polar surface area (TPSA) is 64.2 Å². The third-order valence-corrected chi connectivity index (χ3v) is 5.06. The summed E-state index contributed by atoms with van der Waals surface area (Å²) in [5.74, 6) is -1.45. The van der Waals surface area contributed by atoms with Gasteiger partial charge < -0.3 is 5.32 Å². The Hall–Kier alpha value is -3.55. The molecule has 0 bridgehead atoms. The highest BCUT2D eigenvalue weighted by Crippen LogP contribution is 2.32. The monoisotopic (exact) mass is 393 g/mol. The first kappa shape index (κ1) is 17.5. The first-order valence-corrected chi connectivity index (χ1v) is 9.34. The van der Waals surface area contributed by atoms with Crippen molar-refractivity contribution in [2.75, 3.05) is 5.32 Å². The Bertz CT molecular complexity index is 1230. The first-order valence-electron chi connectivity index (χ1n) is 9.34. The van der Waals surface area contributed by atoms with E-state index in [0.717, 1.165) is 12.6 Å². The molecular weight excluding hydrogens is 376 g/mol. The van der Waals surface area contributed by atoms with Gasteiger partial charge in [-0.15, -0.1) is 0 Å². The summed E-state index contributed by atoms with van der Waals surface area (Å²) < 4.78 is 32.1. The maximum absolute atomic E-state index is 14.4. The number of nitrogens with zero attached hydrogens (tertiary/aromatic N) is 4. The Morgan fingerprint density at radius 1 is 1.14 bits per heavy atom. The number of hydrogen-bond acceptors (Lipinski definition) is 3. The second-order valence-electron chi connectivity index (χ2n) is 7.25. The van der Waals surface area contributed by atoms with Crippen molar-refractivity contribution in [3.05, 3.63) is 72.3 Å². The molecule has 4 aromatic rings. The molecule has 0 aliphatic heterocycles. The standard InChI is InChI=1S/C21H17F2N5O/c22-17-8-18(23)19(7-15(17)14-9-24-27(12-14)11-13-4-5-13)26-21(29)16-10-25-28-6-2-1-3-20(16)28/h1-3,6-10,12-13H,4-5,11H2,(H,26,29). The van der Waals surface area contributed by atoms with Gasteiger partial charge in [0.25, 0.3) is 5.91 Å². The maximum Gasteiger partial charge on any atom is 0.259 e. The highest BCUT2D eigenvalue weighted by atomic mass is 19.1. The molecule has 1 amide bonds. The highest BCUT2D eigenvalue weighted by Gasteiger charge is 2.23. The molecule has 0 spiro atoms. The quantitative estimate of drug-likeness (QED) is 0.554. The zero-order valence-electron chi connectivity index (χ0n) is 15.3. The van der Waals surface area contributed by atoms with E-state index < -0.39 is 17.5 Å². The fourth-order valence-corrected chi connectivity index (χ4v) is 3.33. The van der Waals surface area contributed by atoms with E-state index in [0.29, 0.717) is 22.6 Å². The van der Waals surface area contributed by atoms with Crippen LogP contribution in [0.5, 0.6) is 0 Å². The van der Waals surface area contributed by atoms with Crippen LogP contribution in [0.15, 0.2) is 55.1 Å². The number of fused-ring (bicyclic) bond motifs is 1. The molecule has 0 unspecified atom stereocenters. The van der Waals surface area contributed by atoms with Crippen molar-refractivity contribution in [2.45, 2.75) is 19.4 Å². The Kier molecular flexibility index (Phi) is 4.12. The molecule has 8 heteroatoms. The summed E-state index contributed by atoms with van der Waals surface area (Å²) in [7, 11) is 0. The molecule has 3 heterocycles. The molecule has 0 radical (unpaired) electrons. The molecule has 1 fully saturated rings. The minimum Gasteiger partial charge on any atom is -0.319 e. The molecule has 1 saturated carbocycles. The fraction of sp³-hybridized carbons (Fsp3) is 0.190. The summed E-state index contributed by atoms with van der Waals surface area (Å²) in [5.41, 5.74) is 1.51. The fourth-order valence-electron chi connectivity index (χ4n) is 3.33. The maximum atomic E-state index is 14.4. The van der Waals surface area contributed by atoms with Crippen molar-refractivity contribution in [1.29, 1.82) is 0 Å². The zero-order chi connectivity index (χ0) is 20.0. The number of anilines is 1. The number of carbonyl (C=O) groups excluding carboxylic acids is 1. The number of rotatable bonds is 5. The average Bonchev–Trinajstić information content (AvgIpc) is 3.23. The third-order valence-electron chi connectivity index (χ3n) is 5.06. The minimum atomic E-state index is -0.846. The van der Waals surface area contributed by atoms with Gasteiger partial charge in [0.1, 0.15) is 11.6 Å². The molecule has 5 rings (SSSR count). The Balaban J connectivity index is 1.44. The molecule has 146 valence electrons. The number of carbonyl (C=O) groups is 1. The Labute approximate surface area is 164 Å². The lowest BCUT2D eigenvalue weighted by atomic mass is 10.1. The van der Waals surface area contributed by atoms with Crippen LogP contribution in [-0.2, 0) is 6.54 Å². The summed E-state index contributed by atoms with van der Waals surface area (Å²) in [6.07, 6.45) is 8.78. The van der Waals surface area contributed by atoms with Crippen molar-refractivity contribution in [2.24, 2.45) is 5.92 Å². The smallest absolute Gasteiger partial charge is 0.259 e. The Morgan fingerprint density at radius 3 is 2.83 bits per heavy atom. The molecule has 1 aromatic carbocycles. The lowest BCUT2D eigenvalue weighted by Crippen LogP contribution is -2.13. The van der Waals surface area contributed by atoms with E-state index in [9.17, 15) is 13.6 Å². The molecule has 1 aliphatic rings. The molecule has 1 aliphatic carbocycles. The number of benzene rings is 1. The summed E-state index contributed by atoms with van der Waals surface area (Å²) >= 11 is 0. The molecule has 3 aromatic heterocycles. The van der Waals surface area contributed by atoms with E-state index in [4.69, 9.17) is 0 Å². The van der Waals surface area contributed by atoms with Crippen LogP contribution in [0.3, 0.4) is 0 Å². The van der Waals surface area contributed by atoms with Crippen molar-refractivity contribution in [1.82, 2.24) is 19.4 Å². The van der Waals surface area contributed by atoms with Crippen LogP contribution < -0.4 is 5.32 Å². The molecule has 0 atom stereocenters. The lowest BCUT2D eigenvalue weighted by molar-refractivity contribution is 0.102.